The number of thioether (sulfide) groups is 1. The summed E-state index contributed by atoms with van der Waals surface area (Å²) in [6, 6.07) is 9.70. The molecule has 2 rings (SSSR count). The predicted molar refractivity (Wildman–Crippen MR) is 105 cm³/mol. The van der Waals surface area contributed by atoms with Crippen LogP contribution >= 0.6 is 11.8 Å². The van der Waals surface area contributed by atoms with Crippen LogP contribution in [0.2, 0.25) is 0 Å². The van der Waals surface area contributed by atoms with Gasteiger partial charge in [-0.15, -0.1) is 0 Å². The second-order valence-corrected chi connectivity index (χ2v) is 6.73. The number of benzene rings is 1. The van der Waals surface area contributed by atoms with Gasteiger partial charge in [0.2, 0.25) is 5.91 Å². The molecule has 0 saturated carbocycles. The average Bonchev–Trinajstić information content (AvgIpc) is 3.15. The van der Waals surface area contributed by atoms with Gasteiger partial charge in [0, 0.05) is 18.7 Å². The lowest BCUT2D eigenvalue weighted by atomic mass is 10.1. The van der Waals surface area contributed by atoms with Crippen LogP contribution in [-0.4, -0.2) is 31.4 Å². The van der Waals surface area contributed by atoms with Crippen molar-refractivity contribution in [3.63, 3.8) is 0 Å². The van der Waals surface area contributed by atoms with Crippen molar-refractivity contribution in [2.24, 2.45) is 0 Å². The maximum atomic E-state index is 12.0. The van der Waals surface area contributed by atoms with E-state index in [4.69, 9.17) is 13.9 Å². The van der Waals surface area contributed by atoms with Crippen LogP contribution in [-0.2, 0) is 17.0 Å². The number of hydrogen-bond donors (Lipinski definition) is 1. The number of rotatable bonds is 12. The molecule has 0 radical (unpaired) electrons. The Morgan fingerprint density at radius 1 is 1.15 bits per heavy atom. The number of furan rings is 1. The largest absolute Gasteiger partial charge is 0.490 e. The fraction of sp³-hybridized carbons (Fsp3) is 0.450. The van der Waals surface area contributed by atoms with Crippen molar-refractivity contribution in [2.45, 2.75) is 32.4 Å². The second kappa shape index (κ2) is 11.5. The highest BCUT2D eigenvalue weighted by Crippen LogP contribution is 2.29. The van der Waals surface area contributed by atoms with Gasteiger partial charge >= 0.3 is 0 Å². The summed E-state index contributed by atoms with van der Waals surface area (Å²) in [6.45, 7) is 5.73. The molecule has 1 heterocycles. The standard InChI is InChI=1S/C20H27NO4S/c1-3-23-18-9-7-16(14-19(18)24-4-2)8-10-20(22)21-11-13-26-15-17-6-5-12-25-17/h5-7,9,12,14H,3-4,8,10-11,13,15H2,1-2H3,(H,21,22). The zero-order valence-corrected chi connectivity index (χ0v) is 16.3. The van der Waals surface area contributed by atoms with E-state index in [0.29, 0.717) is 32.6 Å². The van der Waals surface area contributed by atoms with Crippen molar-refractivity contribution in [1.29, 1.82) is 0 Å². The Kier molecular flexibility index (Phi) is 8.96. The first-order valence-electron chi connectivity index (χ1n) is 8.98. The van der Waals surface area contributed by atoms with Gasteiger partial charge in [0.15, 0.2) is 11.5 Å². The molecule has 1 aromatic carbocycles. The van der Waals surface area contributed by atoms with E-state index in [-0.39, 0.29) is 5.91 Å². The van der Waals surface area contributed by atoms with E-state index in [0.717, 1.165) is 34.3 Å². The molecule has 0 atom stereocenters. The smallest absolute Gasteiger partial charge is 0.220 e. The van der Waals surface area contributed by atoms with Crippen LogP contribution in [0.1, 0.15) is 31.6 Å². The van der Waals surface area contributed by atoms with E-state index in [1.54, 1.807) is 18.0 Å². The normalized spacial score (nSPS) is 10.5. The number of nitrogens with one attached hydrogen (secondary N) is 1. The van der Waals surface area contributed by atoms with Gasteiger partial charge in [0.05, 0.1) is 25.2 Å². The summed E-state index contributed by atoms with van der Waals surface area (Å²) in [4.78, 5) is 12.0. The van der Waals surface area contributed by atoms with E-state index in [1.807, 2.05) is 44.2 Å². The fourth-order valence-corrected chi connectivity index (χ4v) is 3.18. The van der Waals surface area contributed by atoms with Crippen molar-refractivity contribution in [1.82, 2.24) is 5.32 Å². The summed E-state index contributed by atoms with van der Waals surface area (Å²) >= 11 is 1.74. The lowest BCUT2D eigenvalue weighted by Gasteiger charge is -2.12. The van der Waals surface area contributed by atoms with E-state index in [1.165, 1.54) is 0 Å². The van der Waals surface area contributed by atoms with E-state index >= 15 is 0 Å². The zero-order chi connectivity index (χ0) is 18.6. The van der Waals surface area contributed by atoms with Crippen molar-refractivity contribution in [2.75, 3.05) is 25.5 Å². The quantitative estimate of drug-likeness (QED) is 0.565. The molecule has 0 bridgehead atoms. The summed E-state index contributed by atoms with van der Waals surface area (Å²) in [5.74, 6) is 4.20. The van der Waals surface area contributed by atoms with Gasteiger partial charge in [0.25, 0.3) is 0 Å². The second-order valence-electron chi connectivity index (χ2n) is 5.63. The van der Waals surface area contributed by atoms with Gasteiger partial charge in [-0.2, -0.15) is 11.8 Å². The highest BCUT2D eigenvalue weighted by molar-refractivity contribution is 7.98. The topological polar surface area (TPSA) is 60.7 Å². The van der Waals surface area contributed by atoms with Gasteiger partial charge in [-0.1, -0.05) is 6.07 Å². The molecule has 142 valence electrons. The van der Waals surface area contributed by atoms with Crippen LogP contribution in [0.4, 0.5) is 0 Å². The summed E-state index contributed by atoms with van der Waals surface area (Å²) < 4.78 is 16.5. The third kappa shape index (κ3) is 7.04. The lowest BCUT2D eigenvalue weighted by Crippen LogP contribution is -2.25. The number of hydrogen-bond acceptors (Lipinski definition) is 5. The van der Waals surface area contributed by atoms with Crippen molar-refractivity contribution >= 4 is 17.7 Å². The highest BCUT2D eigenvalue weighted by Gasteiger charge is 2.08. The number of carbonyl (C=O) groups is 1. The number of amides is 1. The Labute approximate surface area is 159 Å². The third-order valence-corrected chi connectivity index (χ3v) is 4.62. The first-order chi connectivity index (χ1) is 12.7. The number of ether oxygens (including phenoxy) is 2. The van der Waals surface area contributed by atoms with Crippen molar-refractivity contribution < 1.29 is 18.7 Å². The van der Waals surface area contributed by atoms with Crippen molar-refractivity contribution in [3.05, 3.63) is 47.9 Å². The van der Waals surface area contributed by atoms with E-state index < -0.39 is 0 Å². The summed E-state index contributed by atoms with van der Waals surface area (Å²) in [7, 11) is 0. The molecule has 1 aromatic heterocycles. The molecule has 0 aliphatic carbocycles. The minimum atomic E-state index is 0.0652. The maximum Gasteiger partial charge on any atom is 0.220 e. The highest BCUT2D eigenvalue weighted by atomic mass is 32.2. The molecule has 5 nitrogen and oxygen atoms in total. The molecular weight excluding hydrogens is 350 g/mol. The molecule has 0 aliphatic heterocycles. The Bertz CT molecular complexity index is 658. The van der Waals surface area contributed by atoms with Crippen LogP contribution in [0.15, 0.2) is 41.0 Å². The van der Waals surface area contributed by atoms with E-state index in [9.17, 15) is 4.79 Å². The molecule has 2 aromatic rings. The summed E-state index contributed by atoms with van der Waals surface area (Å²) in [5.41, 5.74) is 1.07. The van der Waals surface area contributed by atoms with Gasteiger partial charge in [-0.3, -0.25) is 4.79 Å². The van der Waals surface area contributed by atoms with Gasteiger partial charge in [-0.05, 0) is 50.1 Å². The van der Waals surface area contributed by atoms with Crippen molar-refractivity contribution in [3.8, 4) is 11.5 Å². The summed E-state index contributed by atoms with van der Waals surface area (Å²) in [6.07, 6.45) is 2.82. The number of aryl methyl sites for hydroxylation is 1. The Hall–Kier alpha value is -2.08. The lowest BCUT2D eigenvalue weighted by molar-refractivity contribution is -0.120. The first kappa shape index (κ1) is 20.2. The molecule has 0 unspecified atom stereocenters. The van der Waals surface area contributed by atoms with Crippen LogP contribution < -0.4 is 14.8 Å². The Balaban J connectivity index is 1.68. The van der Waals surface area contributed by atoms with Crippen LogP contribution in [0.3, 0.4) is 0 Å². The molecular formula is C20H27NO4S. The summed E-state index contributed by atoms with van der Waals surface area (Å²) in [5, 5.41) is 2.96. The van der Waals surface area contributed by atoms with Gasteiger partial charge in [-0.25, -0.2) is 0 Å². The zero-order valence-electron chi connectivity index (χ0n) is 15.5. The minimum absolute atomic E-state index is 0.0652. The maximum absolute atomic E-state index is 12.0. The molecule has 1 amide bonds. The first-order valence-corrected chi connectivity index (χ1v) is 10.1. The molecule has 26 heavy (non-hydrogen) atoms. The average molecular weight is 378 g/mol. The van der Waals surface area contributed by atoms with Crippen LogP contribution in [0.5, 0.6) is 11.5 Å². The third-order valence-electron chi connectivity index (χ3n) is 3.64. The monoisotopic (exact) mass is 377 g/mol. The van der Waals surface area contributed by atoms with E-state index in [2.05, 4.69) is 5.32 Å². The molecule has 1 N–H and O–H groups in total. The SMILES string of the molecule is CCOc1ccc(CCC(=O)NCCSCc2ccco2)cc1OCC. The number of carbonyl (C=O) groups excluding carboxylic acids is 1. The Morgan fingerprint density at radius 3 is 2.69 bits per heavy atom. The van der Waals surface area contributed by atoms with Crippen LogP contribution in [0, 0.1) is 0 Å². The molecule has 6 heteroatoms. The predicted octanol–water partition coefficient (Wildman–Crippen LogP) is 4.06. The molecule has 0 fully saturated rings. The molecule has 0 saturated heterocycles. The van der Waals surface area contributed by atoms with Crippen LogP contribution in [0.25, 0.3) is 0 Å². The van der Waals surface area contributed by atoms with Gasteiger partial charge < -0.3 is 19.2 Å². The minimum Gasteiger partial charge on any atom is -0.490 e. The molecule has 0 spiro atoms. The fourth-order valence-electron chi connectivity index (χ4n) is 2.43. The van der Waals surface area contributed by atoms with Gasteiger partial charge in [0.1, 0.15) is 5.76 Å². The molecule has 0 aliphatic rings. The Morgan fingerprint density at radius 2 is 1.96 bits per heavy atom.